The zero-order valence-corrected chi connectivity index (χ0v) is 29.2. The third kappa shape index (κ3) is 7.85. The van der Waals surface area contributed by atoms with Crippen LogP contribution in [0.3, 0.4) is 0 Å². The van der Waals surface area contributed by atoms with Crippen LogP contribution < -0.4 is 15.4 Å². The van der Waals surface area contributed by atoms with Crippen molar-refractivity contribution >= 4 is 39.3 Å². The number of pyridine rings is 1. The summed E-state index contributed by atoms with van der Waals surface area (Å²) >= 11 is 6.20. The number of hydrogen-bond donors (Lipinski definition) is 2. The second kappa shape index (κ2) is 14.6. The van der Waals surface area contributed by atoms with Gasteiger partial charge in [-0.15, -0.1) is 0 Å². The van der Waals surface area contributed by atoms with Crippen LogP contribution >= 0.6 is 11.6 Å². The number of sulfonamides is 1. The molecule has 3 aromatic rings. The van der Waals surface area contributed by atoms with E-state index in [1.54, 1.807) is 53.0 Å². The van der Waals surface area contributed by atoms with Gasteiger partial charge in [0.15, 0.2) is 0 Å². The number of hydrogen-bond acceptors (Lipinski definition) is 8. The van der Waals surface area contributed by atoms with Crippen molar-refractivity contribution in [2.24, 2.45) is 0 Å². The van der Waals surface area contributed by atoms with E-state index < -0.39 is 39.8 Å². The monoisotopic (exact) mass is 713 g/mol. The molecule has 14 heteroatoms. The SMILES string of the molecule is COC(=O)N[C@H](C(=O)Nc1cccc(F)c1CCC1C2CN2C2CCCS(=O)(=O)N1C2)[C@@H](c1ccc(Cl)cc1)c1ccc(OC(C)C)nc1. The molecule has 3 saturated heterocycles. The van der Waals surface area contributed by atoms with Gasteiger partial charge in [0.25, 0.3) is 0 Å². The maximum Gasteiger partial charge on any atom is 0.407 e. The standard InChI is InChI=1S/C35H41ClFN5O6S/c1-21(2)48-31-16-11-23(18-38-31)32(22-9-12-24(36)13-10-22)33(40-35(44)47-3)34(43)39-28-8-4-7-27(37)26(28)14-15-29-30-20-41(30)25-6-5-17-49(45,46)42(29)19-25/h4,7-13,16,18,21,25,29-30,32-33H,5-6,14-15,17,19-20H2,1-3H3,(H,39,43)(H,40,44)/t25?,29?,30?,32-,33-,41?/m0/s1. The highest BCUT2D eigenvalue weighted by Crippen LogP contribution is 2.40. The Kier molecular flexibility index (Phi) is 10.4. The lowest BCUT2D eigenvalue weighted by Gasteiger charge is -2.37. The van der Waals surface area contributed by atoms with Crippen molar-refractivity contribution in [3.63, 3.8) is 0 Å². The minimum absolute atomic E-state index is 0.0996. The third-order valence-electron chi connectivity index (χ3n) is 9.51. The lowest BCUT2D eigenvalue weighted by atomic mass is 9.85. The van der Waals surface area contributed by atoms with E-state index in [1.165, 1.54) is 19.2 Å². The normalized spacial score (nSPS) is 24.9. The number of piperazine rings is 1. The van der Waals surface area contributed by atoms with E-state index in [0.717, 1.165) is 13.0 Å². The number of benzene rings is 2. The largest absolute Gasteiger partial charge is 0.475 e. The van der Waals surface area contributed by atoms with E-state index in [-0.39, 0.29) is 47.7 Å². The predicted molar refractivity (Wildman–Crippen MR) is 184 cm³/mol. The number of amides is 2. The van der Waals surface area contributed by atoms with Gasteiger partial charge >= 0.3 is 6.09 Å². The highest BCUT2D eigenvalue weighted by Gasteiger charge is 2.55. The van der Waals surface area contributed by atoms with E-state index in [4.69, 9.17) is 21.1 Å². The zero-order valence-electron chi connectivity index (χ0n) is 27.6. The predicted octanol–water partition coefficient (Wildman–Crippen LogP) is 4.95. The van der Waals surface area contributed by atoms with Gasteiger partial charge in [-0.05, 0) is 74.9 Å². The highest BCUT2D eigenvalue weighted by atomic mass is 35.5. The lowest BCUT2D eigenvalue weighted by molar-refractivity contribution is -0.118. The Morgan fingerprint density at radius 1 is 1.08 bits per heavy atom. The van der Waals surface area contributed by atoms with Gasteiger partial charge in [0.05, 0.1) is 19.0 Å². The molecule has 2 bridgehead atoms. The second-order valence-electron chi connectivity index (χ2n) is 13.0. The number of methoxy groups -OCH3 is 1. The summed E-state index contributed by atoms with van der Waals surface area (Å²) in [5.41, 5.74) is 1.74. The number of carbonyl (C=O) groups excluding carboxylic acids is 2. The fraction of sp³-hybridized carbons (Fsp3) is 0.457. The number of nitrogens with zero attached hydrogens (tertiary/aromatic N) is 3. The van der Waals surface area contributed by atoms with Crippen molar-refractivity contribution in [3.8, 4) is 5.88 Å². The van der Waals surface area contributed by atoms with Gasteiger partial charge in [-0.3, -0.25) is 9.69 Å². The van der Waals surface area contributed by atoms with Crippen molar-refractivity contribution in [1.82, 2.24) is 19.5 Å². The smallest absolute Gasteiger partial charge is 0.407 e. The molecule has 0 saturated carbocycles. The van der Waals surface area contributed by atoms with Crippen molar-refractivity contribution in [3.05, 3.63) is 88.3 Å². The first-order valence-corrected chi connectivity index (χ1v) is 18.5. The number of nitrogens with one attached hydrogen (secondary N) is 2. The molecular weight excluding hydrogens is 673 g/mol. The summed E-state index contributed by atoms with van der Waals surface area (Å²) in [4.78, 5) is 33.7. The third-order valence-corrected chi connectivity index (χ3v) is 11.7. The Bertz CT molecular complexity index is 1780. The van der Waals surface area contributed by atoms with Crippen molar-refractivity contribution in [2.45, 2.75) is 75.7 Å². The molecule has 2 N–H and O–H groups in total. The molecule has 2 amide bonds. The van der Waals surface area contributed by atoms with Gasteiger partial charge in [0.2, 0.25) is 21.8 Å². The molecule has 11 nitrogen and oxygen atoms in total. The molecule has 0 spiro atoms. The molecule has 6 rings (SSSR count). The average Bonchev–Trinajstić information content (AvgIpc) is 3.88. The molecule has 4 heterocycles. The molecule has 1 aromatic heterocycles. The van der Waals surface area contributed by atoms with Crippen molar-refractivity contribution in [1.29, 1.82) is 0 Å². The van der Waals surface area contributed by atoms with E-state index >= 15 is 4.39 Å². The molecule has 2 aromatic carbocycles. The Labute approximate surface area is 291 Å². The van der Waals surface area contributed by atoms with Gasteiger partial charge in [0.1, 0.15) is 11.9 Å². The molecule has 3 aliphatic rings. The summed E-state index contributed by atoms with van der Waals surface area (Å²) < 4.78 is 54.1. The van der Waals surface area contributed by atoms with Crippen LogP contribution in [0.2, 0.25) is 5.02 Å². The zero-order chi connectivity index (χ0) is 34.9. The molecule has 7 atom stereocenters. The summed E-state index contributed by atoms with van der Waals surface area (Å²) in [6.07, 6.45) is 2.72. The second-order valence-corrected chi connectivity index (χ2v) is 15.5. The van der Waals surface area contributed by atoms with Gasteiger partial charge in [-0.2, -0.15) is 4.31 Å². The van der Waals surface area contributed by atoms with Crippen molar-refractivity contribution in [2.75, 3.05) is 31.3 Å². The van der Waals surface area contributed by atoms with Crippen LogP contribution in [0.5, 0.6) is 5.88 Å². The minimum Gasteiger partial charge on any atom is -0.475 e. The Morgan fingerprint density at radius 2 is 1.84 bits per heavy atom. The summed E-state index contributed by atoms with van der Waals surface area (Å²) in [6.45, 7) is 5.05. The molecule has 262 valence electrons. The molecular formula is C35H41ClFN5O6S. The summed E-state index contributed by atoms with van der Waals surface area (Å²) in [6, 6.07) is 13.6. The van der Waals surface area contributed by atoms with Gasteiger partial charge in [-0.25, -0.2) is 22.6 Å². The fourth-order valence-corrected chi connectivity index (χ4v) is 9.11. The number of anilines is 1. The highest BCUT2D eigenvalue weighted by molar-refractivity contribution is 7.89. The quantitative estimate of drug-likeness (QED) is 0.267. The van der Waals surface area contributed by atoms with Crippen molar-refractivity contribution < 1.29 is 31.9 Å². The maximum absolute atomic E-state index is 15.5. The molecule has 5 unspecified atom stereocenters. The number of fused-ring (bicyclic) bond motifs is 4. The Hall–Kier alpha value is -3.78. The van der Waals surface area contributed by atoms with Crippen LogP contribution in [-0.2, 0) is 26.0 Å². The van der Waals surface area contributed by atoms with E-state index in [0.29, 0.717) is 41.4 Å². The number of carbonyl (C=O) groups is 2. The summed E-state index contributed by atoms with van der Waals surface area (Å²) in [5, 5.41) is 6.03. The Balaban J connectivity index is 1.29. The summed E-state index contributed by atoms with van der Waals surface area (Å²) in [5.74, 6) is -1.39. The van der Waals surface area contributed by atoms with Crippen LogP contribution in [0.4, 0.5) is 14.9 Å². The molecule has 0 radical (unpaired) electrons. The number of rotatable bonds is 11. The first kappa shape index (κ1) is 35.1. The number of alkyl carbamates (subject to hydrolysis) is 1. The van der Waals surface area contributed by atoms with E-state index in [9.17, 15) is 18.0 Å². The maximum atomic E-state index is 15.5. The van der Waals surface area contributed by atoms with Crippen LogP contribution in [0.15, 0.2) is 60.8 Å². The van der Waals surface area contributed by atoms with E-state index in [2.05, 4.69) is 20.5 Å². The van der Waals surface area contributed by atoms with E-state index in [1.807, 2.05) is 13.8 Å². The fourth-order valence-electron chi connectivity index (χ4n) is 7.16. The average molecular weight is 714 g/mol. The molecule has 0 aliphatic carbocycles. The van der Waals surface area contributed by atoms with Gasteiger partial charge in [-0.1, -0.05) is 35.9 Å². The van der Waals surface area contributed by atoms with Gasteiger partial charge in [0, 0.05) is 65.7 Å². The lowest BCUT2D eigenvalue weighted by Crippen LogP contribution is -2.53. The topological polar surface area (TPSA) is 130 Å². The van der Waals surface area contributed by atoms with Crippen LogP contribution in [0.1, 0.15) is 55.7 Å². The number of aromatic nitrogens is 1. The van der Waals surface area contributed by atoms with Gasteiger partial charge < -0.3 is 20.1 Å². The first-order chi connectivity index (χ1) is 23.4. The van der Waals surface area contributed by atoms with Crippen LogP contribution in [-0.4, -0.2) is 90.8 Å². The van der Waals surface area contributed by atoms with Crippen LogP contribution in [0, 0.1) is 5.82 Å². The minimum atomic E-state index is -3.42. The van der Waals surface area contributed by atoms with Crippen LogP contribution in [0.25, 0.3) is 0 Å². The summed E-state index contributed by atoms with van der Waals surface area (Å²) in [7, 11) is -2.22. The number of ether oxygens (including phenoxy) is 2. The first-order valence-electron chi connectivity index (χ1n) is 16.5. The molecule has 49 heavy (non-hydrogen) atoms. The Morgan fingerprint density at radius 3 is 2.53 bits per heavy atom. The molecule has 3 aliphatic heterocycles. The number of halogens is 2. The molecule has 3 fully saturated rings.